The normalized spacial score (nSPS) is 15.8. The first-order chi connectivity index (χ1) is 9.56. The van der Waals surface area contributed by atoms with Gasteiger partial charge >= 0.3 is 0 Å². The summed E-state index contributed by atoms with van der Waals surface area (Å²) in [6, 6.07) is 3.68. The maximum atomic E-state index is 11.9. The van der Waals surface area contributed by atoms with Crippen LogP contribution in [0.2, 0.25) is 0 Å². The molecule has 0 spiro atoms. The summed E-state index contributed by atoms with van der Waals surface area (Å²) in [5, 5.41) is 25.9. The topological polar surface area (TPSA) is 104 Å². The summed E-state index contributed by atoms with van der Waals surface area (Å²) in [5.41, 5.74) is -0.185. The van der Waals surface area contributed by atoms with E-state index < -0.39 is 4.92 Å². The number of amides is 1. The van der Waals surface area contributed by atoms with Crippen LogP contribution in [-0.4, -0.2) is 29.0 Å². The van der Waals surface area contributed by atoms with Crippen molar-refractivity contribution in [2.24, 2.45) is 5.92 Å². The summed E-state index contributed by atoms with van der Waals surface area (Å²) in [4.78, 5) is 22.2. The third-order valence-corrected chi connectivity index (χ3v) is 3.38. The molecule has 1 aromatic carbocycles. The lowest BCUT2D eigenvalue weighted by Crippen LogP contribution is -2.30. The average molecular weight is 279 g/mol. The monoisotopic (exact) mass is 279 g/mol. The maximum absolute atomic E-state index is 11.9. The van der Waals surface area contributed by atoms with Crippen molar-refractivity contribution < 1.29 is 14.8 Å². The molecule has 1 aliphatic rings. The van der Waals surface area contributed by atoms with E-state index in [1.807, 2.05) is 0 Å². The molecule has 0 radical (unpaired) electrons. The summed E-state index contributed by atoms with van der Waals surface area (Å²) < 4.78 is 0. The number of nitrogens with one attached hydrogen (secondary N) is 2. The lowest BCUT2D eigenvalue weighted by atomic mass is 9.94. The van der Waals surface area contributed by atoms with Crippen LogP contribution in [0, 0.1) is 16.0 Å². The van der Waals surface area contributed by atoms with Gasteiger partial charge in [0.2, 0.25) is 5.91 Å². The first kappa shape index (κ1) is 14.3. The zero-order chi connectivity index (χ0) is 14.5. The van der Waals surface area contributed by atoms with E-state index in [9.17, 15) is 20.0 Å². The van der Waals surface area contributed by atoms with Crippen LogP contribution in [0.3, 0.4) is 0 Å². The molecule has 0 atom stereocenters. The third-order valence-electron chi connectivity index (χ3n) is 3.38. The Morgan fingerprint density at radius 3 is 2.80 bits per heavy atom. The predicted molar refractivity (Wildman–Crippen MR) is 73.6 cm³/mol. The Morgan fingerprint density at radius 1 is 1.45 bits per heavy atom. The lowest BCUT2D eigenvalue weighted by Gasteiger charge is -2.21. The molecule has 1 saturated heterocycles. The molecule has 7 heteroatoms. The smallest absolute Gasteiger partial charge is 0.296 e. The Bertz CT molecular complexity index is 512. The van der Waals surface area contributed by atoms with Crippen molar-refractivity contribution in [3.8, 4) is 5.75 Å². The first-order valence-electron chi connectivity index (χ1n) is 6.54. The van der Waals surface area contributed by atoms with Crippen LogP contribution in [0.25, 0.3) is 0 Å². The third kappa shape index (κ3) is 3.67. The minimum absolute atomic E-state index is 0.117. The molecule has 3 N–H and O–H groups in total. The van der Waals surface area contributed by atoms with E-state index in [2.05, 4.69) is 10.6 Å². The fourth-order valence-electron chi connectivity index (χ4n) is 2.33. The van der Waals surface area contributed by atoms with Crippen molar-refractivity contribution >= 4 is 17.3 Å². The van der Waals surface area contributed by atoms with Crippen molar-refractivity contribution in [2.45, 2.75) is 19.3 Å². The van der Waals surface area contributed by atoms with Gasteiger partial charge in [0.1, 0.15) is 11.4 Å². The number of carbonyl (C=O) groups excluding carboxylic acids is 1. The molecule has 1 heterocycles. The maximum Gasteiger partial charge on any atom is 0.296 e. The van der Waals surface area contributed by atoms with Crippen molar-refractivity contribution in [1.82, 2.24) is 5.32 Å². The number of anilines is 1. The molecular formula is C13H17N3O4. The molecule has 108 valence electrons. The number of nitro benzene ring substituents is 1. The molecular weight excluding hydrogens is 262 g/mol. The van der Waals surface area contributed by atoms with Crippen LogP contribution in [0.1, 0.15) is 19.3 Å². The second-order valence-corrected chi connectivity index (χ2v) is 4.90. The van der Waals surface area contributed by atoms with Gasteiger partial charge in [0.15, 0.2) is 0 Å². The van der Waals surface area contributed by atoms with E-state index in [1.54, 1.807) is 0 Å². The zero-order valence-electron chi connectivity index (χ0n) is 11.0. The lowest BCUT2D eigenvalue weighted by molar-refractivity contribution is -0.384. The van der Waals surface area contributed by atoms with Crippen LogP contribution >= 0.6 is 0 Å². The summed E-state index contributed by atoms with van der Waals surface area (Å²) in [7, 11) is 0. The Morgan fingerprint density at radius 2 is 2.15 bits per heavy atom. The summed E-state index contributed by atoms with van der Waals surface area (Å²) in [5.74, 6) is -0.119. The number of hydrogen-bond donors (Lipinski definition) is 3. The largest absolute Gasteiger partial charge is 0.508 e. The number of piperidine rings is 1. The van der Waals surface area contributed by atoms with Gasteiger partial charge in [0.25, 0.3) is 5.69 Å². The molecule has 1 aliphatic heterocycles. The minimum Gasteiger partial charge on any atom is -0.508 e. The van der Waals surface area contributed by atoms with Gasteiger partial charge in [-0.2, -0.15) is 0 Å². The molecule has 0 aromatic heterocycles. The second-order valence-electron chi connectivity index (χ2n) is 4.90. The molecule has 0 bridgehead atoms. The van der Waals surface area contributed by atoms with E-state index in [1.165, 1.54) is 12.1 Å². The number of nitro groups is 1. The van der Waals surface area contributed by atoms with Gasteiger partial charge in [-0.25, -0.2) is 0 Å². The Kier molecular flexibility index (Phi) is 4.52. The number of carbonyl (C=O) groups is 1. The summed E-state index contributed by atoms with van der Waals surface area (Å²) >= 11 is 0. The van der Waals surface area contributed by atoms with Crippen molar-refractivity contribution in [1.29, 1.82) is 0 Å². The van der Waals surface area contributed by atoms with Crippen LogP contribution in [0.4, 0.5) is 11.4 Å². The predicted octanol–water partition coefficient (Wildman–Crippen LogP) is 1.63. The highest BCUT2D eigenvalue weighted by Crippen LogP contribution is 2.29. The molecule has 1 fully saturated rings. The van der Waals surface area contributed by atoms with Crippen molar-refractivity contribution in [2.75, 3.05) is 18.4 Å². The Labute approximate surface area is 116 Å². The van der Waals surface area contributed by atoms with Crippen molar-refractivity contribution in [3.63, 3.8) is 0 Å². The summed E-state index contributed by atoms with van der Waals surface area (Å²) in [6.07, 6.45) is 2.23. The highest BCUT2D eigenvalue weighted by molar-refractivity contribution is 5.93. The zero-order valence-corrected chi connectivity index (χ0v) is 11.0. The van der Waals surface area contributed by atoms with Gasteiger partial charge in [-0.15, -0.1) is 0 Å². The fraction of sp³-hybridized carbons (Fsp3) is 0.462. The fourth-order valence-corrected chi connectivity index (χ4v) is 2.33. The highest BCUT2D eigenvalue weighted by atomic mass is 16.6. The number of phenolic OH excluding ortho intramolecular Hbond substituents is 1. The van der Waals surface area contributed by atoms with E-state index in [-0.39, 0.29) is 23.0 Å². The molecule has 2 rings (SSSR count). The highest BCUT2D eigenvalue weighted by Gasteiger charge is 2.20. The van der Waals surface area contributed by atoms with E-state index >= 15 is 0 Å². The average Bonchev–Trinajstić information content (AvgIpc) is 2.41. The molecule has 0 unspecified atom stereocenters. The number of hydrogen-bond acceptors (Lipinski definition) is 5. The van der Waals surface area contributed by atoms with E-state index in [0.29, 0.717) is 12.3 Å². The molecule has 1 amide bonds. The molecule has 0 aliphatic carbocycles. The molecule has 0 saturated carbocycles. The molecule has 20 heavy (non-hydrogen) atoms. The van der Waals surface area contributed by atoms with Crippen LogP contribution in [0.5, 0.6) is 5.75 Å². The quantitative estimate of drug-likeness (QED) is 0.441. The van der Waals surface area contributed by atoms with Gasteiger partial charge in [0.05, 0.1) is 11.0 Å². The number of rotatable bonds is 4. The minimum atomic E-state index is -0.625. The molecule has 1 aromatic rings. The molecule has 7 nitrogen and oxygen atoms in total. The number of phenols is 1. The van der Waals surface area contributed by atoms with Gasteiger partial charge in [-0.05, 0) is 44.0 Å². The van der Waals surface area contributed by atoms with Gasteiger partial charge < -0.3 is 15.7 Å². The standard InChI is InChI=1S/C13H17N3O4/c17-10-1-2-11(12(8-10)16(19)20)15-13(18)7-9-3-5-14-6-4-9/h1-2,8-9,14,17H,3-7H2,(H,15,18). The second kappa shape index (κ2) is 6.33. The SMILES string of the molecule is O=C(CC1CCNCC1)Nc1ccc(O)cc1[N+](=O)[O-]. The number of benzene rings is 1. The van der Waals surface area contributed by atoms with Gasteiger partial charge in [-0.1, -0.05) is 0 Å². The van der Waals surface area contributed by atoms with Crippen molar-refractivity contribution in [3.05, 3.63) is 28.3 Å². The van der Waals surface area contributed by atoms with Crippen LogP contribution in [0.15, 0.2) is 18.2 Å². The van der Waals surface area contributed by atoms with E-state index in [0.717, 1.165) is 32.0 Å². The first-order valence-corrected chi connectivity index (χ1v) is 6.54. The van der Waals surface area contributed by atoms with E-state index in [4.69, 9.17) is 0 Å². The Balaban J connectivity index is 2.01. The number of nitrogens with zero attached hydrogens (tertiary/aromatic N) is 1. The summed E-state index contributed by atoms with van der Waals surface area (Å²) in [6.45, 7) is 1.80. The van der Waals surface area contributed by atoms with Crippen LogP contribution in [-0.2, 0) is 4.79 Å². The van der Waals surface area contributed by atoms with Gasteiger partial charge in [-0.3, -0.25) is 14.9 Å². The van der Waals surface area contributed by atoms with Gasteiger partial charge in [0, 0.05) is 6.42 Å². The van der Waals surface area contributed by atoms with Crippen LogP contribution < -0.4 is 10.6 Å². The Hall–Kier alpha value is -2.15. The number of aromatic hydroxyl groups is 1.